The number of unbranched alkanes of at least 4 members (excludes halogenated alkanes) is 1. The van der Waals surface area contributed by atoms with Crippen LogP contribution in [-0.4, -0.2) is 11.3 Å². The highest BCUT2D eigenvalue weighted by molar-refractivity contribution is 6.23. The first-order valence-electron chi connectivity index (χ1n) is 5.30. The first kappa shape index (κ1) is 14.1. The van der Waals surface area contributed by atoms with E-state index in [2.05, 4.69) is 19.9 Å². The third kappa shape index (κ3) is 7.46. The van der Waals surface area contributed by atoms with Crippen LogP contribution in [0.3, 0.4) is 0 Å². The lowest BCUT2D eigenvalue weighted by Gasteiger charge is -2.05. The van der Waals surface area contributed by atoms with Gasteiger partial charge in [-0.1, -0.05) is 44.1 Å². The molecule has 0 rings (SSSR count). The van der Waals surface area contributed by atoms with E-state index >= 15 is 0 Å². The van der Waals surface area contributed by atoms with Crippen LogP contribution in [-0.2, 0) is 0 Å². The summed E-state index contributed by atoms with van der Waals surface area (Å²) in [6.07, 6.45) is 10.7. The first-order chi connectivity index (χ1) is 6.74. The van der Waals surface area contributed by atoms with E-state index in [4.69, 9.17) is 23.2 Å². The molecule has 0 amide bonds. The quantitative estimate of drug-likeness (QED) is 0.434. The SMILES string of the molecule is CCCCC(=CC(Cl)C=CCCl)CC. The minimum absolute atomic E-state index is 0.000515. The lowest BCUT2D eigenvalue weighted by Crippen LogP contribution is -1.92. The van der Waals surface area contributed by atoms with Gasteiger partial charge in [0.25, 0.3) is 0 Å². The average Bonchev–Trinajstić information content (AvgIpc) is 2.21. The largest absolute Gasteiger partial charge is 0.122 e. The number of rotatable bonds is 7. The van der Waals surface area contributed by atoms with Crippen molar-refractivity contribution in [3.05, 3.63) is 23.8 Å². The van der Waals surface area contributed by atoms with Gasteiger partial charge in [0.2, 0.25) is 0 Å². The van der Waals surface area contributed by atoms with Gasteiger partial charge in [-0.2, -0.15) is 0 Å². The maximum atomic E-state index is 6.09. The highest BCUT2D eigenvalue weighted by Crippen LogP contribution is 2.14. The Morgan fingerprint density at radius 1 is 1.36 bits per heavy atom. The predicted octanol–water partition coefficient (Wildman–Crippen LogP) is 4.92. The molecule has 1 unspecified atom stereocenters. The first-order valence-corrected chi connectivity index (χ1v) is 6.27. The van der Waals surface area contributed by atoms with Gasteiger partial charge in [0.05, 0.1) is 5.38 Å². The van der Waals surface area contributed by atoms with Crippen molar-refractivity contribution in [2.24, 2.45) is 0 Å². The van der Waals surface area contributed by atoms with Gasteiger partial charge in [0.1, 0.15) is 0 Å². The highest BCUT2D eigenvalue weighted by atomic mass is 35.5. The van der Waals surface area contributed by atoms with Crippen LogP contribution in [0.2, 0.25) is 0 Å². The second kappa shape index (κ2) is 9.61. The number of allylic oxidation sites excluding steroid dienone is 4. The Bertz CT molecular complexity index is 183. The van der Waals surface area contributed by atoms with Crippen molar-refractivity contribution in [2.75, 3.05) is 5.88 Å². The number of alkyl halides is 2. The Morgan fingerprint density at radius 3 is 2.57 bits per heavy atom. The van der Waals surface area contributed by atoms with E-state index < -0.39 is 0 Å². The summed E-state index contributed by atoms with van der Waals surface area (Å²) < 4.78 is 0. The predicted molar refractivity (Wildman–Crippen MR) is 67.4 cm³/mol. The monoisotopic (exact) mass is 234 g/mol. The van der Waals surface area contributed by atoms with E-state index in [0.29, 0.717) is 5.88 Å². The van der Waals surface area contributed by atoms with Gasteiger partial charge in [-0.25, -0.2) is 0 Å². The van der Waals surface area contributed by atoms with E-state index in [1.54, 1.807) is 0 Å². The third-order valence-corrected chi connectivity index (χ3v) is 2.56. The Labute approximate surface area is 98.0 Å². The normalized spacial score (nSPS) is 15.0. The van der Waals surface area contributed by atoms with Crippen molar-refractivity contribution in [3.8, 4) is 0 Å². The van der Waals surface area contributed by atoms with E-state index in [1.165, 1.54) is 24.8 Å². The molecule has 0 N–H and O–H groups in total. The Balaban J connectivity index is 4.05. The van der Waals surface area contributed by atoms with Gasteiger partial charge in [0.15, 0.2) is 0 Å². The zero-order valence-corrected chi connectivity index (χ0v) is 10.6. The van der Waals surface area contributed by atoms with Gasteiger partial charge in [-0.05, 0) is 19.3 Å². The smallest absolute Gasteiger partial charge is 0.0699 e. The summed E-state index contributed by atoms with van der Waals surface area (Å²) in [4.78, 5) is 0. The van der Waals surface area contributed by atoms with Crippen molar-refractivity contribution in [1.82, 2.24) is 0 Å². The molecule has 0 aromatic heterocycles. The summed E-state index contributed by atoms with van der Waals surface area (Å²) in [6.45, 7) is 4.38. The molecule has 14 heavy (non-hydrogen) atoms. The molecule has 2 heteroatoms. The molecule has 0 bridgehead atoms. The molecule has 0 radical (unpaired) electrons. The Hall–Kier alpha value is 0.0600. The molecule has 0 aliphatic heterocycles. The lowest BCUT2D eigenvalue weighted by atomic mass is 10.1. The molecule has 1 atom stereocenters. The van der Waals surface area contributed by atoms with Crippen molar-refractivity contribution < 1.29 is 0 Å². The zero-order chi connectivity index (χ0) is 10.8. The van der Waals surface area contributed by atoms with Crippen LogP contribution in [0, 0.1) is 0 Å². The van der Waals surface area contributed by atoms with Crippen LogP contribution in [0.4, 0.5) is 0 Å². The fourth-order valence-electron chi connectivity index (χ4n) is 1.24. The molecule has 0 fully saturated rings. The van der Waals surface area contributed by atoms with Crippen LogP contribution >= 0.6 is 23.2 Å². The second-order valence-corrected chi connectivity index (χ2v) is 4.12. The molecule has 0 spiro atoms. The zero-order valence-electron chi connectivity index (χ0n) is 9.10. The van der Waals surface area contributed by atoms with E-state index in [0.717, 1.165) is 6.42 Å². The summed E-state index contributed by atoms with van der Waals surface area (Å²) in [5.74, 6) is 0.535. The molecule has 0 aliphatic carbocycles. The van der Waals surface area contributed by atoms with Gasteiger partial charge >= 0.3 is 0 Å². The maximum Gasteiger partial charge on any atom is 0.0699 e. The number of hydrogen-bond acceptors (Lipinski definition) is 0. The molecule has 0 aliphatic rings. The molecule has 0 saturated carbocycles. The fourth-order valence-corrected chi connectivity index (χ4v) is 1.63. The van der Waals surface area contributed by atoms with Crippen molar-refractivity contribution >= 4 is 23.2 Å². The van der Waals surface area contributed by atoms with Gasteiger partial charge in [-0.15, -0.1) is 23.2 Å². The van der Waals surface area contributed by atoms with Crippen LogP contribution in [0.15, 0.2) is 23.8 Å². The number of halogens is 2. The van der Waals surface area contributed by atoms with Crippen molar-refractivity contribution in [2.45, 2.75) is 44.9 Å². The summed E-state index contributed by atoms with van der Waals surface area (Å²) in [5.41, 5.74) is 1.45. The van der Waals surface area contributed by atoms with Gasteiger partial charge in [0, 0.05) is 5.88 Å². The fraction of sp³-hybridized carbons (Fsp3) is 0.667. The molecule has 0 aromatic carbocycles. The molecule has 82 valence electrons. The Morgan fingerprint density at radius 2 is 2.07 bits per heavy atom. The van der Waals surface area contributed by atoms with Crippen molar-refractivity contribution in [3.63, 3.8) is 0 Å². The summed E-state index contributed by atoms with van der Waals surface area (Å²) in [6, 6.07) is 0. The van der Waals surface area contributed by atoms with E-state index in [1.807, 2.05) is 12.2 Å². The average molecular weight is 235 g/mol. The van der Waals surface area contributed by atoms with Gasteiger partial charge < -0.3 is 0 Å². The molecular formula is C12H20Cl2. The molecule has 0 aromatic rings. The van der Waals surface area contributed by atoms with Crippen LogP contribution in [0.1, 0.15) is 39.5 Å². The van der Waals surface area contributed by atoms with E-state index in [-0.39, 0.29) is 5.38 Å². The highest BCUT2D eigenvalue weighted by Gasteiger charge is 1.98. The van der Waals surface area contributed by atoms with Crippen LogP contribution < -0.4 is 0 Å². The number of hydrogen-bond donors (Lipinski definition) is 0. The third-order valence-electron chi connectivity index (χ3n) is 2.11. The van der Waals surface area contributed by atoms with Crippen LogP contribution in [0.25, 0.3) is 0 Å². The minimum atomic E-state index is 0.000515. The standard InChI is InChI=1S/C12H20Cl2/c1-3-5-7-11(4-2)10-12(14)8-6-9-13/h6,8,10,12H,3-5,7,9H2,1-2H3. The van der Waals surface area contributed by atoms with Crippen LogP contribution in [0.5, 0.6) is 0 Å². The summed E-state index contributed by atoms with van der Waals surface area (Å²) in [5, 5.41) is 0.000515. The lowest BCUT2D eigenvalue weighted by molar-refractivity contribution is 0.763. The van der Waals surface area contributed by atoms with E-state index in [9.17, 15) is 0 Å². The minimum Gasteiger partial charge on any atom is -0.122 e. The topological polar surface area (TPSA) is 0 Å². The van der Waals surface area contributed by atoms with Crippen molar-refractivity contribution in [1.29, 1.82) is 0 Å². The molecule has 0 heterocycles. The summed E-state index contributed by atoms with van der Waals surface area (Å²) >= 11 is 11.6. The molecule has 0 saturated heterocycles. The molecule has 0 nitrogen and oxygen atoms in total. The second-order valence-electron chi connectivity index (χ2n) is 3.31. The summed E-state index contributed by atoms with van der Waals surface area (Å²) in [7, 11) is 0. The maximum absolute atomic E-state index is 6.09. The molecular weight excluding hydrogens is 215 g/mol. The van der Waals surface area contributed by atoms with Gasteiger partial charge in [-0.3, -0.25) is 0 Å². The Kier molecular flexibility index (Phi) is 9.65.